The number of hydrogen-bond acceptors (Lipinski definition) is 14. The van der Waals surface area contributed by atoms with Crippen molar-refractivity contribution in [2.75, 3.05) is 20.3 Å². The monoisotopic (exact) mass is 710 g/mol. The van der Waals surface area contributed by atoms with Crippen molar-refractivity contribution in [2.24, 2.45) is 28.6 Å². The fourth-order valence-corrected chi connectivity index (χ4v) is 11.5. The maximum Gasteiger partial charge on any atom is 0.331 e. The van der Waals surface area contributed by atoms with Gasteiger partial charge in [-0.15, -0.1) is 0 Å². The minimum Gasteiger partial charge on any atom is -0.458 e. The van der Waals surface area contributed by atoms with E-state index in [0.717, 1.165) is 18.3 Å². The Bertz CT molecular complexity index is 1330. The fraction of sp³-hybridized carbons (Fsp3) is 0.889. The van der Waals surface area contributed by atoms with Gasteiger partial charge in [-0.3, -0.25) is 0 Å². The van der Waals surface area contributed by atoms with Gasteiger partial charge in [0, 0.05) is 31.4 Å². The van der Waals surface area contributed by atoms with Crippen molar-refractivity contribution in [1.29, 1.82) is 0 Å². The minimum absolute atomic E-state index is 0.0352. The Morgan fingerprint density at radius 2 is 1.72 bits per heavy atom. The molecule has 282 valence electrons. The summed E-state index contributed by atoms with van der Waals surface area (Å²) in [5.74, 6) is -0.635. The topological polar surface area (TPSA) is 211 Å². The van der Waals surface area contributed by atoms with E-state index in [1.54, 1.807) is 13.0 Å². The van der Waals surface area contributed by atoms with Gasteiger partial charge < -0.3 is 63.9 Å². The Morgan fingerprint density at radius 3 is 2.40 bits per heavy atom. The first-order valence-electron chi connectivity index (χ1n) is 18.3. The average Bonchev–Trinajstić information content (AvgIpc) is 3.64. The maximum atomic E-state index is 13.2. The van der Waals surface area contributed by atoms with Crippen LogP contribution in [0.25, 0.3) is 0 Å². The Balaban J connectivity index is 1.01. The molecule has 14 heteroatoms. The first kappa shape index (κ1) is 36.8. The van der Waals surface area contributed by atoms with Crippen molar-refractivity contribution < 1.29 is 68.6 Å². The van der Waals surface area contributed by atoms with Crippen LogP contribution in [-0.2, 0) is 38.0 Å². The van der Waals surface area contributed by atoms with E-state index in [1.165, 1.54) is 7.11 Å². The number of fused-ring (bicyclic) bond motifs is 5. The minimum atomic E-state index is -1.58. The molecule has 14 nitrogen and oxygen atoms in total. The predicted octanol–water partition coefficient (Wildman–Crippen LogP) is 0.258. The Kier molecular flexibility index (Phi) is 9.84. The van der Waals surface area contributed by atoms with Gasteiger partial charge in [-0.2, -0.15) is 0 Å². The van der Waals surface area contributed by atoms with Crippen LogP contribution in [0.4, 0.5) is 0 Å². The average molecular weight is 711 g/mol. The highest BCUT2D eigenvalue weighted by Crippen LogP contribution is 2.70. The van der Waals surface area contributed by atoms with E-state index < -0.39 is 90.1 Å². The molecule has 50 heavy (non-hydrogen) atoms. The van der Waals surface area contributed by atoms with Gasteiger partial charge in [0.15, 0.2) is 12.6 Å². The molecule has 6 fully saturated rings. The number of aldehydes is 1. The number of aliphatic hydroxyl groups is 6. The summed E-state index contributed by atoms with van der Waals surface area (Å²) in [4.78, 5) is 25.1. The lowest BCUT2D eigenvalue weighted by molar-refractivity contribution is -0.346. The third kappa shape index (κ3) is 5.55. The smallest absolute Gasteiger partial charge is 0.331 e. The highest BCUT2D eigenvalue weighted by atomic mass is 16.7. The lowest BCUT2D eigenvalue weighted by Gasteiger charge is -2.65. The summed E-state index contributed by atoms with van der Waals surface area (Å²) >= 11 is 0. The summed E-state index contributed by atoms with van der Waals surface area (Å²) < 4.78 is 35.2. The first-order chi connectivity index (χ1) is 23.7. The summed E-state index contributed by atoms with van der Waals surface area (Å²) in [5.41, 5.74) is -2.86. The van der Waals surface area contributed by atoms with Gasteiger partial charge in [0.2, 0.25) is 0 Å². The Labute approximate surface area is 292 Å². The normalized spacial score (nSPS) is 53.5. The highest BCUT2D eigenvalue weighted by Gasteiger charge is 2.71. The number of esters is 1. The van der Waals surface area contributed by atoms with Crippen molar-refractivity contribution in [3.63, 3.8) is 0 Å². The van der Waals surface area contributed by atoms with Crippen LogP contribution in [0.1, 0.15) is 78.1 Å². The molecule has 3 heterocycles. The van der Waals surface area contributed by atoms with Crippen LogP contribution in [0.15, 0.2) is 11.6 Å². The molecule has 6 N–H and O–H groups in total. The second kappa shape index (κ2) is 13.4. The quantitative estimate of drug-likeness (QED) is 0.113. The molecule has 17 atom stereocenters. The van der Waals surface area contributed by atoms with E-state index in [1.807, 2.05) is 0 Å². The van der Waals surface area contributed by atoms with E-state index in [9.17, 15) is 40.2 Å². The molecule has 4 saturated carbocycles. The number of carbonyl (C=O) groups excluding carboxylic acids is 2. The van der Waals surface area contributed by atoms with Crippen molar-refractivity contribution in [3.8, 4) is 0 Å². The molecule has 0 aromatic rings. The molecule has 0 bridgehead atoms. The number of cyclic esters (lactones) is 1. The molecule has 6 unspecified atom stereocenters. The van der Waals surface area contributed by atoms with Crippen LogP contribution in [0.3, 0.4) is 0 Å². The van der Waals surface area contributed by atoms with E-state index in [-0.39, 0.29) is 43.2 Å². The lowest BCUT2D eigenvalue weighted by Crippen LogP contribution is -2.69. The molecule has 0 spiro atoms. The van der Waals surface area contributed by atoms with Gasteiger partial charge in [-0.05, 0) is 81.6 Å². The summed E-state index contributed by atoms with van der Waals surface area (Å²) in [6.07, 6.45) is -2.52. The van der Waals surface area contributed by atoms with Gasteiger partial charge >= 0.3 is 5.97 Å². The number of hydrogen-bond donors (Lipinski definition) is 6. The summed E-state index contributed by atoms with van der Waals surface area (Å²) in [6, 6.07) is 0. The van der Waals surface area contributed by atoms with Gasteiger partial charge in [-0.1, -0.05) is 6.92 Å². The van der Waals surface area contributed by atoms with Crippen LogP contribution in [0, 0.1) is 28.6 Å². The molecule has 0 aromatic heterocycles. The van der Waals surface area contributed by atoms with E-state index in [0.29, 0.717) is 44.9 Å². The molecule has 7 aliphatic rings. The first-order valence-corrected chi connectivity index (χ1v) is 18.3. The van der Waals surface area contributed by atoms with Crippen LogP contribution in [0.5, 0.6) is 0 Å². The second-order valence-electron chi connectivity index (χ2n) is 16.3. The summed E-state index contributed by atoms with van der Waals surface area (Å²) in [6.45, 7) is 3.57. The van der Waals surface area contributed by atoms with Crippen molar-refractivity contribution in [1.82, 2.24) is 0 Å². The Morgan fingerprint density at radius 1 is 0.960 bits per heavy atom. The molecule has 0 aromatic carbocycles. The number of aliphatic hydroxyl groups excluding tert-OH is 4. The molecular formula is C36H54O14. The van der Waals surface area contributed by atoms with Crippen LogP contribution < -0.4 is 0 Å². The van der Waals surface area contributed by atoms with Crippen LogP contribution in [0.2, 0.25) is 0 Å². The zero-order chi connectivity index (χ0) is 35.8. The summed E-state index contributed by atoms with van der Waals surface area (Å²) in [5, 5.41) is 65.3. The maximum absolute atomic E-state index is 13.2. The number of carbonyl (C=O) groups is 2. The zero-order valence-corrected chi connectivity index (χ0v) is 29.1. The van der Waals surface area contributed by atoms with E-state index in [2.05, 4.69) is 6.92 Å². The number of rotatable bonds is 8. The molecular weight excluding hydrogens is 656 g/mol. The lowest BCUT2D eigenvalue weighted by atomic mass is 9.41. The molecule has 7 rings (SSSR count). The third-order valence-electron chi connectivity index (χ3n) is 14.2. The second-order valence-corrected chi connectivity index (χ2v) is 16.3. The SMILES string of the molecule is COC1C[C@@H](O[C@H]2CC[C@]3(C=O)C4CC[C@]5(C)[C@@H](C6=CC(=O)OC6)CC[C@]5(O)C4CC[C@]3(O)C2)OC(C)C1OC1O[C@H](CO)[C@@H](O)[C@H](O)[C@H]1O. The molecule has 0 amide bonds. The summed E-state index contributed by atoms with van der Waals surface area (Å²) in [7, 11) is 1.51. The molecule has 4 aliphatic carbocycles. The largest absolute Gasteiger partial charge is 0.458 e. The zero-order valence-electron chi connectivity index (χ0n) is 29.1. The molecule has 0 radical (unpaired) electrons. The third-order valence-corrected chi connectivity index (χ3v) is 14.2. The van der Waals surface area contributed by atoms with Gasteiger partial charge in [0.1, 0.15) is 43.4 Å². The van der Waals surface area contributed by atoms with Gasteiger partial charge in [0.25, 0.3) is 0 Å². The fourth-order valence-electron chi connectivity index (χ4n) is 11.5. The van der Waals surface area contributed by atoms with Gasteiger partial charge in [0.05, 0.1) is 41.5 Å². The van der Waals surface area contributed by atoms with E-state index >= 15 is 0 Å². The van der Waals surface area contributed by atoms with Crippen molar-refractivity contribution >= 4 is 12.3 Å². The van der Waals surface area contributed by atoms with Crippen LogP contribution in [-0.4, -0.2) is 136 Å². The van der Waals surface area contributed by atoms with Crippen molar-refractivity contribution in [2.45, 2.75) is 151 Å². The standard InChI is InChI=1S/C36H54O14/c1-18-31(50-32-30(42)29(41)28(40)25(15-37)49-32)24(45-3)13-27(47-18)48-20-4-9-34(17-38)22-5-8-33(2)21(19-12-26(39)46-16-19)7-11-36(33,44)23(22)6-10-35(34,43)14-20/h12,17-18,20-25,27-32,37,40-44H,4-11,13-16H2,1-3H3/t18?,20-,21+,22?,23?,24?,25+,27+,28+,29-,30+,31?,32?,33+,34-,35-,36-/m0/s1. The molecule has 3 aliphatic heterocycles. The highest BCUT2D eigenvalue weighted by molar-refractivity contribution is 5.85. The number of ether oxygens (including phenoxy) is 6. The Hall–Kier alpha value is -1.56. The van der Waals surface area contributed by atoms with Crippen LogP contribution >= 0.6 is 0 Å². The predicted molar refractivity (Wildman–Crippen MR) is 171 cm³/mol. The number of methoxy groups -OCH3 is 1. The van der Waals surface area contributed by atoms with Gasteiger partial charge in [-0.25, -0.2) is 4.79 Å². The molecule has 2 saturated heterocycles. The van der Waals surface area contributed by atoms with Crippen molar-refractivity contribution in [3.05, 3.63) is 11.6 Å². The van der Waals surface area contributed by atoms with E-state index in [4.69, 9.17) is 28.4 Å².